The lowest BCUT2D eigenvalue weighted by Gasteiger charge is -2.11. The topological polar surface area (TPSA) is 82.3 Å². The third-order valence-electron chi connectivity index (χ3n) is 1.76. The Balaban J connectivity index is 3.44. The van der Waals surface area contributed by atoms with Crippen LogP contribution in [0.15, 0.2) is 6.07 Å². The quantitative estimate of drug-likeness (QED) is 0.368. The molecule has 0 spiro atoms. The molecular formula is C8H3F5N2O4. The summed E-state index contributed by atoms with van der Waals surface area (Å²) < 4.78 is 64.1. The lowest BCUT2D eigenvalue weighted by molar-refractivity contribution is -0.386. The summed E-state index contributed by atoms with van der Waals surface area (Å²) in [6.07, 6.45) is -8.96. The zero-order valence-electron chi connectivity index (χ0n) is 8.65. The van der Waals surface area contributed by atoms with E-state index in [-0.39, 0.29) is 12.4 Å². The number of carbonyl (C=O) groups is 1. The number of nitrogens with zero attached hydrogens (tertiary/aromatic N) is 2. The summed E-state index contributed by atoms with van der Waals surface area (Å²) in [6.45, 7) is 0. The molecule has 0 saturated heterocycles. The van der Waals surface area contributed by atoms with Crippen LogP contribution in [0, 0.1) is 10.1 Å². The summed E-state index contributed by atoms with van der Waals surface area (Å²) in [7, 11) is 0. The Hall–Kier alpha value is -2.33. The van der Waals surface area contributed by atoms with Gasteiger partial charge in [-0.3, -0.25) is 14.9 Å². The highest BCUT2D eigenvalue weighted by atomic mass is 19.4. The highest BCUT2D eigenvalue weighted by Gasteiger charge is 2.35. The van der Waals surface area contributed by atoms with Gasteiger partial charge in [0.1, 0.15) is 5.69 Å². The second kappa shape index (κ2) is 5.12. The van der Waals surface area contributed by atoms with Crippen molar-refractivity contribution < 1.29 is 36.4 Å². The maximum atomic E-state index is 12.4. The smallest absolute Gasteiger partial charge is 0.403 e. The van der Waals surface area contributed by atoms with E-state index in [4.69, 9.17) is 0 Å². The molecule has 0 bridgehead atoms. The first-order chi connectivity index (χ1) is 8.65. The zero-order chi connectivity index (χ0) is 14.8. The van der Waals surface area contributed by atoms with Crippen LogP contribution in [0.2, 0.25) is 0 Å². The van der Waals surface area contributed by atoms with Gasteiger partial charge in [-0.15, -0.1) is 13.2 Å². The van der Waals surface area contributed by atoms with Crippen LogP contribution in [0.5, 0.6) is 5.75 Å². The van der Waals surface area contributed by atoms with E-state index in [1.165, 1.54) is 0 Å². The highest BCUT2D eigenvalue weighted by Crippen LogP contribution is 2.34. The van der Waals surface area contributed by atoms with E-state index in [0.717, 1.165) is 0 Å². The molecule has 0 atom stereocenters. The van der Waals surface area contributed by atoms with Crippen LogP contribution in [0.25, 0.3) is 0 Å². The lowest BCUT2D eigenvalue weighted by atomic mass is 10.2. The Kier molecular flexibility index (Phi) is 3.97. The molecule has 0 N–H and O–H groups in total. The van der Waals surface area contributed by atoms with E-state index in [1.54, 1.807) is 0 Å². The Morgan fingerprint density at radius 3 is 2.37 bits per heavy atom. The Morgan fingerprint density at radius 1 is 1.42 bits per heavy atom. The molecule has 1 rings (SSSR count). The number of rotatable bonds is 4. The molecule has 1 aromatic heterocycles. The summed E-state index contributed by atoms with van der Waals surface area (Å²) in [5.74, 6) is -1.32. The molecule has 0 aliphatic heterocycles. The van der Waals surface area contributed by atoms with Gasteiger partial charge in [0.15, 0.2) is 17.7 Å². The molecule has 0 aliphatic rings. The fourth-order valence-electron chi connectivity index (χ4n) is 1.11. The van der Waals surface area contributed by atoms with Crippen LogP contribution < -0.4 is 4.74 Å². The van der Waals surface area contributed by atoms with Crippen LogP contribution in [-0.2, 0) is 0 Å². The Labute approximate surface area is 101 Å². The number of hydrogen-bond acceptors (Lipinski definition) is 5. The highest BCUT2D eigenvalue weighted by molar-refractivity contribution is 5.77. The minimum atomic E-state index is -5.25. The number of ether oxygens (including phenoxy) is 1. The fourth-order valence-corrected chi connectivity index (χ4v) is 1.11. The number of aromatic nitrogens is 1. The van der Waals surface area contributed by atoms with Crippen molar-refractivity contribution in [2.24, 2.45) is 0 Å². The van der Waals surface area contributed by atoms with Crippen LogP contribution in [-0.4, -0.2) is 22.6 Å². The SMILES string of the molecule is O=Cc1nc(C(F)F)c([N+](=O)[O-])cc1OC(F)(F)F. The van der Waals surface area contributed by atoms with Gasteiger partial charge in [0.05, 0.1) is 11.0 Å². The van der Waals surface area contributed by atoms with Crippen molar-refractivity contribution in [3.05, 3.63) is 27.6 Å². The number of aldehydes is 1. The van der Waals surface area contributed by atoms with E-state index in [2.05, 4.69) is 9.72 Å². The van der Waals surface area contributed by atoms with Gasteiger partial charge in [-0.2, -0.15) is 0 Å². The second-order valence-electron chi connectivity index (χ2n) is 3.00. The molecule has 0 unspecified atom stereocenters. The molecule has 0 aliphatic carbocycles. The summed E-state index contributed by atoms with van der Waals surface area (Å²) in [6, 6.07) is 0.0751. The molecule has 0 saturated carbocycles. The lowest BCUT2D eigenvalue weighted by Crippen LogP contribution is -2.19. The normalized spacial score (nSPS) is 11.5. The first-order valence-corrected chi connectivity index (χ1v) is 4.34. The Bertz CT molecular complexity index is 517. The van der Waals surface area contributed by atoms with E-state index in [0.29, 0.717) is 0 Å². The van der Waals surface area contributed by atoms with Crippen LogP contribution in [0.3, 0.4) is 0 Å². The number of hydrogen-bond donors (Lipinski definition) is 0. The molecule has 104 valence electrons. The van der Waals surface area contributed by atoms with Crippen molar-refractivity contribution in [3.63, 3.8) is 0 Å². The monoisotopic (exact) mass is 286 g/mol. The maximum absolute atomic E-state index is 12.4. The van der Waals surface area contributed by atoms with Crippen LogP contribution in [0.4, 0.5) is 27.6 Å². The summed E-state index contributed by atoms with van der Waals surface area (Å²) in [4.78, 5) is 22.4. The number of carbonyl (C=O) groups excluding carboxylic acids is 1. The fraction of sp³-hybridized carbons (Fsp3) is 0.250. The van der Waals surface area contributed by atoms with Crippen molar-refractivity contribution in [1.29, 1.82) is 0 Å². The van der Waals surface area contributed by atoms with Crippen molar-refractivity contribution in [1.82, 2.24) is 4.98 Å². The third-order valence-corrected chi connectivity index (χ3v) is 1.76. The molecule has 0 aromatic carbocycles. The van der Waals surface area contributed by atoms with Gasteiger partial charge in [-0.05, 0) is 0 Å². The van der Waals surface area contributed by atoms with Crippen molar-refractivity contribution in [2.45, 2.75) is 12.8 Å². The van der Waals surface area contributed by atoms with Gasteiger partial charge < -0.3 is 4.74 Å². The van der Waals surface area contributed by atoms with Gasteiger partial charge in [0.25, 0.3) is 12.1 Å². The second-order valence-corrected chi connectivity index (χ2v) is 3.00. The van der Waals surface area contributed by atoms with Gasteiger partial charge >= 0.3 is 6.36 Å². The van der Waals surface area contributed by atoms with Crippen LogP contribution in [0.1, 0.15) is 22.6 Å². The predicted octanol–water partition coefficient (Wildman–Crippen LogP) is 2.64. The molecule has 0 amide bonds. The minimum Gasteiger partial charge on any atom is -0.403 e. The summed E-state index contributed by atoms with van der Waals surface area (Å²) >= 11 is 0. The van der Waals surface area contributed by atoms with Gasteiger partial charge in [-0.1, -0.05) is 0 Å². The number of nitro groups is 1. The van der Waals surface area contributed by atoms with Crippen molar-refractivity contribution in [3.8, 4) is 5.75 Å². The molecular weight excluding hydrogens is 283 g/mol. The zero-order valence-corrected chi connectivity index (χ0v) is 8.65. The van der Waals surface area contributed by atoms with Crippen molar-refractivity contribution in [2.75, 3.05) is 0 Å². The van der Waals surface area contributed by atoms with E-state index in [9.17, 15) is 36.9 Å². The first-order valence-electron chi connectivity index (χ1n) is 4.34. The van der Waals surface area contributed by atoms with E-state index >= 15 is 0 Å². The van der Waals surface area contributed by atoms with E-state index < -0.39 is 40.5 Å². The molecule has 1 aromatic rings. The van der Waals surface area contributed by atoms with Gasteiger partial charge in [0.2, 0.25) is 0 Å². The average Bonchev–Trinajstić information content (AvgIpc) is 2.25. The van der Waals surface area contributed by atoms with Crippen LogP contribution >= 0.6 is 0 Å². The molecule has 11 heteroatoms. The summed E-state index contributed by atoms with van der Waals surface area (Å²) in [5, 5.41) is 10.5. The summed E-state index contributed by atoms with van der Waals surface area (Å²) in [5.41, 5.74) is -3.90. The van der Waals surface area contributed by atoms with Gasteiger partial charge in [0, 0.05) is 0 Å². The largest absolute Gasteiger partial charge is 0.573 e. The minimum absolute atomic E-state index is 0.0751. The first kappa shape index (κ1) is 14.7. The maximum Gasteiger partial charge on any atom is 0.573 e. The number of halogens is 5. The molecule has 0 fully saturated rings. The molecule has 19 heavy (non-hydrogen) atoms. The molecule has 0 radical (unpaired) electrons. The standard InChI is InChI=1S/C8H3F5N2O4/c9-7(10)6-4(15(17)18)1-5(3(2-16)14-6)19-8(11,12)13/h1-2,7H. The number of alkyl halides is 5. The van der Waals surface area contributed by atoms with Gasteiger partial charge in [-0.25, -0.2) is 13.8 Å². The van der Waals surface area contributed by atoms with Crippen molar-refractivity contribution >= 4 is 12.0 Å². The number of pyridine rings is 1. The van der Waals surface area contributed by atoms with E-state index in [1.807, 2.05) is 0 Å². The third kappa shape index (κ3) is 3.56. The predicted molar refractivity (Wildman–Crippen MR) is 47.9 cm³/mol. The average molecular weight is 286 g/mol. The molecule has 1 heterocycles. The molecule has 6 nitrogen and oxygen atoms in total. The Morgan fingerprint density at radius 2 is 2.00 bits per heavy atom.